The molecule has 0 rings (SSSR count). The van der Waals surface area contributed by atoms with Crippen molar-refractivity contribution in [2.45, 2.75) is 26.2 Å². The van der Waals surface area contributed by atoms with Gasteiger partial charge in [-0.25, -0.2) is 0 Å². The van der Waals surface area contributed by atoms with Gasteiger partial charge in [0.05, 0.1) is 0 Å². The van der Waals surface area contributed by atoms with E-state index in [4.69, 9.17) is 10.8 Å². The van der Waals surface area contributed by atoms with Crippen LogP contribution in [0.15, 0.2) is 0 Å². The summed E-state index contributed by atoms with van der Waals surface area (Å²) in [6.45, 7) is 2.04. The molecular weight excluding hydrogens is 130 g/mol. The molecule has 0 aliphatic heterocycles. The average Bonchev–Trinajstić information content (AvgIpc) is 1.87. The molecule has 3 heteroatoms. The van der Waals surface area contributed by atoms with Gasteiger partial charge >= 0.3 is 0 Å². The van der Waals surface area contributed by atoms with E-state index in [9.17, 15) is 4.79 Å². The highest BCUT2D eigenvalue weighted by molar-refractivity contribution is 5.76. The first kappa shape index (κ1) is 9.43. The molecule has 0 radical (unpaired) electrons. The van der Waals surface area contributed by atoms with Gasteiger partial charge in [-0.05, 0) is 12.8 Å². The fourth-order valence-electron chi connectivity index (χ4n) is 0.933. The molecule has 60 valence electrons. The molecule has 3 N–H and O–H groups in total. The predicted molar refractivity (Wildman–Crippen MR) is 39.3 cm³/mol. The van der Waals surface area contributed by atoms with Crippen LogP contribution >= 0.6 is 0 Å². The lowest BCUT2D eigenvalue weighted by Gasteiger charge is -2.08. The second kappa shape index (κ2) is 5.23. The highest BCUT2D eigenvalue weighted by Crippen LogP contribution is 2.08. The minimum atomic E-state index is -0.295. The molecule has 0 saturated carbocycles. The van der Waals surface area contributed by atoms with Crippen molar-refractivity contribution < 1.29 is 9.90 Å². The maximum atomic E-state index is 10.6. The van der Waals surface area contributed by atoms with E-state index in [1.165, 1.54) is 0 Å². The molecule has 1 unspecified atom stereocenters. The van der Waals surface area contributed by atoms with E-state index >= 15 is 0 Å². The van der Waals surface area contributed by atoms with Gasteiger partial charge in [0.25, 0.3) is 0 Å². The lowest BCUT2D eigenvalue weighted by molar-refractivity contribution is -0.122. The molecule has 0 aliphatic carbocycles. The van der Waals surface area contributed by atoms with Crippen molar-refractivity contribution in [3.8, 4) is 0 Å². The molecule has 0 aromatic rings. The summed E-state index contributed by atoms with van der Waals surface area (Å²) in [5.74, 6) is -0.425. The minimum Gasteiger partial charge on any atom is -0.396 e. The van der Waals surface area contributed by atoms with Gasteiger partial charge in [-0.1, -0.05) is 13.3 Å². The molecule has 3 nitrogen and oxygen atoms in total. The second-order valence-corrected chi connectivity index (χ2v) is 2.40. The van der Waals surface area contributed by atoms with Crippen molar-refractivity contribution in [2.24, 2.45) is 11.7 Å². The molecule has 0 aromatic carbocycles. The second-order valence-electron chi connectivity index (χ2n) is 2.40. The van der Waals surface area contributed by atoms with Crippen LogP contribution in [0, 0.1) is 5.92 Å². The molecule has 10 heavy (non-hydrogen) atoms. The van der Waals surface area contributed by atoms with Crippen LogP contribution in [-0.4, -0.2) is 17.6 Å². The maximum Gasteiger partial charge on any atom is 0.220 e. The normalized spacial score (nSPS) is 13.0. The molecule has 0 aromatic heterocycles. The van der Waals surface area contributed by atoms with E-state index < -0.39 is 0 Å². The Morgan fingerprint density at radius 3 is 2.50 bits per heavy atom. The first-order valence-corrected chi connectivity index (χ1v) is 3.62. The maximum absolute atomic E-state index is 10.6. The molecule has 0 bridgehead atoms. The fraction of sp³-hybridized carbons (Fsp3) is 0.857. The number of amides is 1. The molecule has 0 fully saturated rings. The van der Waals surface area contributed by atoms with E-state index in [0.717, 1.165) is 12.8 Å². The zero-order valence-corrected chi connectivity index (χ0v) is 6.34. The van der Waals surface area contributed by atoms with Gasteiger partial charge in [0.15, 0.2) is 0 Å². The van der Waals surface area contributed by atoms with Crippen LogP contribution in [0.1, 0.15) is 26.2 Å². The Balaban J connectivity index is 3.61. The monoisotopic (exact) mass is 145 g/mol. The van der Waals surface area contributed by atoms with Gasteiger partial charge in [-0.15, -0.1) is 0 Å². The summed E-state index contributed by atoms with van der Waals surface area (Å²) >= 11 is 0. The van der Waals surface area contributed by atoms with Crippen LogP contribution in [0.3, 0.4) is 0 Å². The fourth-order valence-corrected chi connectivity index (χ4v) is 0.933. The number of aliphatic hydroxyl groups is 1. The topological polar surface area (TPSA) is 63.3 Å². The number of nitrogens with two attached hydrogens (primary N) is 1. The Bertz CT molecular complexity index is 97.8. The highest BCUT2D eigenvalue weighted by atomic mass is 16.3. The van der Waals surface area contributed by atoms with E-state index in [1.54, 1.807) is 0 Å². The summed E-state index contributed by atoms with van der Waals surface area (Å²) in [6, 6.07) is 0. The third-order valence-corrected chi connectivity index (χ3v) is 1.52. The van der Waals surface area contributed by atoms with Crippen LogP contribution in [0.2, 0.25) is 0 Å². The van der Waals surface area contributed by atoms with Gasteiger partial charge in [0.1, 0.15) is 0 Å². The number of hydrogen-bond donors (Lipinski definition) is 2. The van der Waals surface area contributed by atoms with Crippen molar-refractivity contribution in [3.05, 3.63) is 0 Å². The summed E-state index contributed by atoms with van der Waals surface area (Å²) in [5.41, 5.74) is 5.06. The summed E-state index contributed by atoms with van der Waals surface area (Å²) in [4.78, 5) is 10.6. The van der Waals surface area contributed by atoms with Crippen LogP contribution in [0.5, 0.6) is 0 Å². The molecule has 0 heterocycles. The quantitative estimate of drug-likeness (QED) is 0.583. The van der Waals surface area contributed by atoms with Gasteiger partial charge in [-0.3, -0.25) is 4.79 Å². The zero-order chi connectivity index (χ0) is 7.98. The van der Waals surface area contributed by atoms with Crippen molar-refractivity contribution in [1.82, 2.24) is 0 Å². The van der Waals surface area contributed by atoms with Crippen molar-refractivity contribution >= 4 is 5.91 Å². The zero-order valence-electron chi connectivity index (χ0n) is 6.34. The molecule has 1 amide bonds. The van der Waals surface area contributed by atoms with E-state index in [1.807, 2.05) is 6.92 Å². The Kier molecular flexibility index (Phi) is 4.94. The van der Waals surface area contributed by atoms with Crippen molar-refractivity contribution in [3.63, 3.8) is 0 Å². The minimum absolute atomic E-state index is 0.0492. The van der Waals surface area contributed by atoms with Crippen LogP contribution in [0.25, 0.3) is 0 Å². The molecule has 0 aliphatic rings. The van der Waals surface area contributed by atoms with Gasteiger partial charge in [0.2, 0.25) is 5.91 Å². The Labute approximate surface area is 61.2 Å². The van der Waals surface area contributed by atoms with Crippen molar-refractivity contribution in [2.75, 3.05) is 6.61 Å². The number of aliphatic hydroxyl groups excluding tert-OH is 1. The lowest BCUT2D eigenvalue weighted by Crippen LogP contribution is -2.23. The molecule has 0 saturated heterocycles. The van der Waals surface area contributed by atoms with Gasteiger partial charge < -0.3 is 10.8 Å². The van der Waals surface area contributed by atoms with Crippen LogP contribution in [-0.2, 0) is 4.79 Å². The Morgan fingerprint density at radius 2 is 2.20 bits per heavy atom. The molecule has 0 spiro atoms. The Hall–Kier alpha value is -0.570. The number of carbonyl (C=O) groups excluding carboxylic acids is 1. The largest absolute Gasteiger partial charge is 0.396 e. The first-order chi connectivity index (χ1) is 4.72. The highest BCUT2D eigenvalue weighted by Gasteiger charge is 2.12. The van der Waals surface area contributed by atoms with Gasteiger partial charge in [0, 0.05) is 12.5 Å². The Morgan fingerprint density at radius 1 is 1.60 bits per heavy atom. The smallest absolute Gasteiger partial charge is 0.220 e. The van der Waals surface area contributed by atoms with Crippen LogP contribution < -0.4 is 5.73 Å². The average molecular weight is 145 g/mol. The third-order valence-electron chi connectivity index (χ3n) is 1.52. The summed E-state index contributed by atoms with van der Waals surface area (Å²) in [5, 5.41) is 8.50. The van der Waals surface area contributed by atoms with E-state index in [-0.39, 0.29) is 18.4 Å². The molecule has 1 atom stereocenters. The predicted octanol–water partition coefficient (Wildman–Crippen LogP) is 0.270. The lowest BCUT2D eigenvalue weighted by atomic mass is 10.00. The molecular formula is C7H15NO2. The summed E-state index contributed by atoms with van der Waals surface area (Å²) < 4.78 is 0. The SMILES string of the molecule is CCCC(CCO)C(N)=O. The number of carbonyl (C=O) groups is 1. The summed E-state index contributed by atoms with van der Waals surface area (Å²) in [7, 11) is 0. The summed E-state index contributed by atoms with van der Waals surface area (Å²) in [6.07, 6.45) is 2.23. The van der Waals surface area contributed by atoms with Gasteiger partial charge in [-0.2, -0.15) is 0 Å². The number of rotatable bonds is 5. The van der Waals surface area contributed by atoms with E-state index in [2.05, 4.69) is 0 Å². The number of hydrogen-bond acceptors (Lipinski definition) is 2. The van der Waals surface area contributed by atoms with Crippen LogP contribution in [0.4, 0.5) is 0 Å². The number of primary amides is 1. The third kappa shape index (κ3) is 3.45. The first-order valence-electron chi connectivity index (χ1n) is 3.62. The standard InChI is InChI=1S/C7H15NO2/c1-2-3-6(4-5-9)7(8)10/h6,9H,2-5H2,1H3,(H2,8,10). The van der Waals surface area contributed by atoms with E-state index in [0.29, 0.717) is 6.42 Å². The van der Waals surface area contributed by atoms with Crippen molar-refractivity contribution in [1.29, 1.82) is 0 Å².